The van der Waals surface area contributed by atoms with Gasteiger partial charge in [0.05, 0.1) is 26.5 Å². The lowest BCUT2D eigenvalue weighted by atomic mass is 10.1. The highest BCUT2D eigenvalue weighted by Crippen LogP contribution is 2.33. The third-order valence-corrected chi connectivity index (χ3v) is 3.86. The van der Waals surface area contributed by atoms with Crippen molar-refractivity contribution in [3.8, 4) is 11.5 Å². The van der Waals surface area contributed by atoms with Crippen molar-refractivity contribution in [3.05, 3.63) is 46.3 Å². The first-order chi connectivity index (χ1) is 9.65. The molecule has 1 heterocycles. The van der Waals surface area contributed by atoms with Gasteiger partial charge >= 0.3 is 0 Å². The van der Waals surface area contributed by atoms with Gasteiger partial charge in [-0.15, -0.1) is 0 Å². The van der Waals surface area contributed by atoms with Crippen LogP contribution < -0.4 is 14.8 Å². The van der Waals surface area contributed by atoms with Crippen molar-refractivity contribution in [2.24, 2.45) is 0 Å². The second-order valence-electron chi connectivity index (χ2n) is 4.42. The average molecular weight is 340 g/mol. The maximum atomic E-state index is 5.38. The number of nitrogens with one attached hydrogen (secondary N) is 1. The normalized spacial score (nSPS) is 12.2. The largest absolute Gasteiger partial charge is 0.493 e. The van der Waals surface area contributed by atoms with Crippen LogP contribution in [-0.4, -0.2) is 14.2 Å². The molecule has 0 fully saturated rings. The van der Waals surface area contributed by atoms with Gasteiger partial charge in [-0.25, -0.2) is 0 Å². The van der Waals surface area contributed by atoms with Gasteiger partial charge in [-0.1, -0.05) is 15.9 Å². The second-order valence-corrected chi connectivity index (χ2v) is 5.27. The van der Waals surface area contributed by atoms with Crippen molar-refractivity contribution in [2.45, 2.75) is 19.5 Å². The van der Waals surface area contributed by atoms with Gasteiger partial charge in [0.1, 0.15) is 5.76 Å². The van der Waals surface area contributed by atoms with Crippen LogP contribution in [0.4, 0.5) is 0 Å². The van der Waals surface area contributed by atoms with Gasteiger partial charge in [-0.2, -0.15) is 0 Å². The summed E-state index contributed by atoms with van der Waals surface area (Å²) in [6, 6.07) is 7.87. The molecule has 0 bridgehead atoms. The Kier molecular flexibility index (Phi) is 5.09. The van der Waals surface area contributed by atoms with E-state index in [4.69, 9.17) is 13.9 Å². The molecule has 0 aliphatic carbocycles. The Morgan fingerprint density at radius 1 is 1.25 bits per heavy atom. The van der Waals surface area contributed by atoms with Crippen molar-refractivity contribution in [3.63, 3.8) is 0 Å². The van der Waals surface area contributed by atoms with Crippen molar-refractivity contribution >= 4 is 15.9 Å². The quantitative estimate of drug-likeness (QED) is 0.866. The molecule has 1 aromatic heterocycles. The first-order valence-electron chi connectivity index (χ1n) is 6.33. The molecule has 5 heteroatoms. The third kappa shape index (κ3) is 3.35. The molecule has 1 aromatic carbocycles. The summed E-state index contributed by atoms with van der Waals surface area (Å²) in [5.41, 5.74) is 1.10. The predicted octanol–water partition coefficient (Wildman–Crippen LogP) is 3.91. The molecule has 2 rings (SSSR count). The fraction of sp³-hybridized carbons (Fsp3) is 0.333. The van der Waals surface area contributed by atoms with Crippen LogP contribution in [0, 0.1) is 0 Å². The van der Waals surface area contributed by atoms with Crippen LogP contribution in [0.25, 0.3) is 0 Å². The highest BCUT2D eigenvalue weighted by Gasteiger charge is 2.12. The van der Waals surface area contributed by atoms with Crippen LogP contribution in [0.1, 0.15) is 24.3 Å². The number of ether oxygens (including phenoxy) is 2. The van der Waals surface area contributed by atoms with Crippen molar-refractivity contribution in [1.29, 1.82) is 0 Å². The van der Waals surface area contributed by atoms with E-state index in [9.17, 15) is 0 Å². The van der Waals surface area contributed by atoms with Crippen LogP contribution >= 0.6 is 15.9 Å². The summed E-state index contributed by atoms with van der Waals surface area (Å²) < 4.78 is 16.9. The molecular weight excluding hydrogens is 322 g/mol. The summed E-state index contributed by atoms with van der Waals surface area (Å²) in [5, 5.41) is 3.41. The molecule has 0 saturated heterocycles. The smallest absolute Gasteiger partial charge is 0.161 e. The molecule has 1 atom stereocenters. The molecule has 0 aliphatic rings. The number of hydrogen-bond acceptors (Lipinski definition) is 4. The van der Waals surface area contributed by atoms with Gasteiger partial charge in [0.2, 0.25) is 0 Å². The minimum atomic E-state index is 0.144. The summed E-state index contributed by atoms with van der Waals surface area (Å²) in [5.74, 6) is 2.35. The molecule has 108 valence electrons. The Morgan fingerprint density at radius 2 is 1.95 bits per heavy atom. The Labute approximate surface area is 127 Å². The van der Waals surface area contributed by atoms with E-state index in [0.717, 1.165) is 21.5 Å². The molecule has 0 aliphatic heterocycles. The van der Waals surface area contributed by atoms with E-state index in [2.05, 4.69) is 28.2 Å². The highest BCUT2D eigenvalue weighted by atomic mass is 79.9. The molecule has 4 nitrogen and oxygen atoms in total. The average Bonchev–Trinajstić information content (AvgIpc) is 2.99. The summed E-state index contributed by atoms with van der Waals surface area (Å²) in [6.07, 6.45) is 1.68. The van der Waals surface area contributed by atoms with Crippen LogP contribution in [0.15, 0.2) is 39.4 Å². The zero-order chi connectivity index (χ0) is 14.5. The summed E-state index contributed by atoms with van der Waals surface area (Å²) >= 11 is 3.55. The van der Waals surface area contributed by atoms with Crippen molar-refractivity contribution < 1.29 is 13.9 Å². The summed E-state index contributed by atoms with van der Waals surface area (Å²) in [4.78, 5) is 0. The Bertz CT molecular complexity index is 554. The fourth-order valence-corrected chi connectivity index (χ4v) is 2.40. The van der Waals surface area contributed by atoms with E-state index in [1.165, 1.54) is 0 Å². The minimum Gasteiger partial charge on any atom is -0.493 e. The predicted molar refractivity (Wildman–Crippen MR) is 81.2 cm³/mol. The number of furan rings is 1. The first-order valence-corrected chi connectivity index (χ1v) is 7.12. The maximum Gasteiger partial charge on any atom is 0.161 e. The van der Waals surface area contributed by atoms with E-state index < -0.39 is 0 Å². The van der Waals surface area contributed by atoms with Crippen LogP contribution in [-0.2, 0) is 6.54 Å². The topological polar surface area (TPSA) is 43.6 Å². The maximum absolute atomic E-state index is 5.38. The van der Waals surface area contributed by atoms with Gasteiger partial charge in [0.25, 0.3) is 0 Å². The zero-order valence-corrected chi connectivity index (χ0v) is 13.4. The van der Waals surface area contributed by atoms with E-state index in [1.807, 2.05) is 24.3 Å². The molecular formula is C15H18BrNO3. The molecule has 0 saturated carbocycles. The second kappa shape index (κ2) is 6.81. The number of halogens is 1. The van der Waals surface area contributed by atoms with E-state index in [0.29, 0.717) is 12.3 Å². The Hall–Kier alpha value is -1.46. The van der Waals surface area contributed by atoms with Crippen molar-refractivity contribution in [1.82, 2.24) is 5.32 Å². The Balaban J connectivity index is 2.09. The molecule has 0 spiro atoms. The standard InChI is InChI=1S/C15H18BrNO3/c1-10(13-5-4-6-20-13)17-9-11-7-14(18-2)15(19-3)8-12(11)16/h4-8,10,17H,9H2,1-3H3/t10-/m1/s1. The minimum absolute atomic E-state index is 0.144. The lowest BCUT2D eigenvalue weighted by Crippen LogP contribution is -2.18. The SMILES string of the molecule is COc1cc(Br)c(CN[C@H](C)c2ccco2)cc1OC. The third-order valence-electron chi connectivity index (χ3n) is 3.12. The van der Waals surface area contributed by atoms with Gasteiger partial charge in [0, 0.05) is 11.0 Å². The Morgan fingerprint density at radius 3 is 2.55 bits per heavy atom. The number of hydrogen-bond donors (Lipinski definition) is 1. The fourth-order valence-electron chi connectivity index (χ4n) is 1.93. The van der Waals surface area contributed by atoms with Gasteiger partial charge < -0.3 is 19.2 Å². The summed E-state index contributed by atoms with van der Waals surface area (Å²) in [6.45, 7) is 2.76. The van der Waals surface area contributed by atoms with Gasteiger partial charge in [-0.05, 0) is 36.8 Å². The number of benzene rings is 1. The summed E-state index contributed by atoms with van der Waals surface area (Å²) in [7, 11) is 3.26. The first kappa shape index (κ1) is 14.9. The highest BCUT2D eigenvalue weighted by molar-refractivity contribution is 9.10. The molecule has 0 amide bonds. The molecule has 0 radical (unpaired) electrons. The number of methoxy groups -OCH3 is 2. The lowest BCUT2D eigenvalue weighted by Gasteiger charge is -2.15. The molecule has 1 N–H and O–H groups in total. The van der Waals surface area contributed by atoms with E-state index >= 15 is 0 Å². The molecule has 2 aromatic rings. The molecule has 20 heavy (non-hydrogen) atoms. The molecule has 0 unspecified atom stereocenters. The van der Waals surface area contributed by atoms with Crippen LogP contribution in [0.5, 0.6) is 11.5 Å². The van der Waals surface area contributed by atoms with E-state index in [-0.39, 0.29) is 6.04 Å². The van der Waals surface area contributed by atoms with E-state index in [1.54, 1.807) is 20.5 Å². The zero-order valence-electron chi connectivity index (χ0n) is 11.8. The van der Waals surface area contributed by atoms with Crippen LogP contribution in [0.2, 0.25) is 0 Å². The van der Waals surface area contributed by atoms with Gasteiger partial charge in [0.15, 0.2) is 11.5 Å². The van der Waals surface area contributed by atoms with Crippen LogP contribution in [0.3, 0.4) is 0 Å². The van der Waals surface area contributed by atoms with Gasteiger partial charge in [-0.3, -0.25) is 0 Å². The monoisotopic (exact) mass is 339 g/mol. The van der Waals surface area contributed by atoms with Crippen molar-refractivity contribution in [2.75, 3.05) is 14.2 Å². The lowest BCUT2D eigenvalue weighted by molar-refractivity contribution is 0.354. The number of rotatable bonds is 6.